The molecule has 98 valence electrons. The van der Waals surface area contributed by atoms with E-state index in [1.54, 1.807) is 7.11 Å². The highest BCUT2D eigenvalue weighted by molar-refractivity contribution is 9.10. The smallest absolute Gasteiger partial charge is 0.126 e. The Balaban J connectivity index is 2.13. The second-order valence-electron chi connectivity index (χ2n) is 4.70. The first-order valence-corrected chi connectivity index (χ1v) is 7.28. The van der Waals surface area contributed by atoms with Crippen molar-refractivity contribution in [3.63, 3.8) is 0 Å². The van der Waals surface area contributed by atoms with Crippen LogP contribution in [0.2, 0.25) is 0 Å². The van der Waals surface area contributed by atoms with Crippen molar-refractivity contribution >= 4 is 22.0 Å². The molecule has 0 atom stereocenters. The van der Waals surface area contributed by atoms with Crippen molar-refractivity contribution in [1.29, 1.82) is 0 Å². The summed E-state index contributed by atoms with van der Waals surface area (Å²) in [5.41, 5.74) is 2.56. The number of hydrogen-bond acceptors (Lipinski definition) is 2. The molecule has 1 aromatic rings. The summed E-state index contributed by atoms with van der Waals surface area (Å²) in [5.74, 6) is 0.926. The van der Waals surface area contributed by atoms with Gasteiger partial charge in [-0.1, -0.05) is 34.5 Å². The Morgan fingerprint density at radius 2 is 2.28 bits per heavy atom. The van der Waals surface area contributed by atoms with E-state index in [1.807, 2.05) is 12.1 Å². The van der Waals surface area contributed by atoms with Crippen LogP contribution in [0.5, 0.6) is 5.75 Å². The highest BCUT2D eigenvalue weighted by atomic mass is 79.9. The van der Waals surface area contributed by atoms with Crippen LogP contribution in [0.15, 0.2) is 28.2 Å². The van der Waals surface area contributed by atoms with E-state index in [9.17, 15) is 0 Å². The molecule has 0 saturated heterocycles. The summed E-state index contributed by atoms with van der Waals surface area (Å²) in [6.07, 6.45) is 5.96. The van der Waals surface area contributed by atoms with Gasteiger partial charge in [-0.3, -0.25) is 0 Å². The minimum Gasteiger partial charge on any atom is -0.496 e. The lowest BCUT2D eigenvalue weighted by Crippen LogP contribution is -2.18. The largest absolute Gasteiger partial charge is 0.496 e. The monoisotopic (exact) mass is 309 g/mol. The molecule has 0 unspecified atom stereocenters. The molecule has 0 aliphatic heterocycles. The number of benzene rings is 1. The molecular formula is C15H20BrNO. The molecule has 1 saturated carbocycles. The third-order valence-corrected chi connectivity index (χ3v) is 3.69. The first kappa shape index (κ1) is 13.6. The molecule has 1 fully saturated rings. The first-order chi connectivity index (χ1) is 8.72. The highest BCUT2D eigenvalue weighted by Crippen LogP contribution is 2.26. The zero-order valence-corrected chi connectivity index (χ0v) is 12.6. The minimum atomic E-state index is 0.754. The molecular weight excluding hydrogens is 290 g/mol. The van der Waals surface area contributed by atoms with Gasteiger partial charge in [0.05, 0.1) is 7.11 Å². The van der Waals surface area contributed by atoms with Crippen LogP contribution in [0, 0.1) is 0 Å². The Morgan fingerprint density at radius 1 is 1.50 bits per heavy atom. The van der Waals surface area contributed by atoms with Gasteiger partial charge in [-0.05, 0) is 37.5 Å². The van der Waals surface area contributed by atoms with Crippen LogP contribution >= 0.6 is 15.9 Å². The normalized spacial score (nSPS) is 15.8. The number of rotatable bonds is 6. The van der Waals surface area contributed by atoms with Crippen molar-refractivity contribution in [2.75, 3.05) is 13.7 Å². The van der Waals surface area contributed by atoms with Crippen molar-refractivity contribution in [1.82, 2.24) is 5.32 Å². The van der Waals surface area contributed by atoms with Crippen LogP contribution < -0.4 is 10.1 Å². The fourth-order valence-corrected chi connectivity index (χ4v) is 2.26. The molecule has 1 aliphatic carbocycles. The van der Waals surface area contributed by atoms with Gasteiger partial charge in [0.25, 0.3) is 0 Å². The molecule has 0 aromatic heterocycles. The zero-order valence-electron chi connectivity index (χ0n) is 11.0. The highest BCUT2D eigenvalue weighted by Gasteiger charge is 2.20. The van der Waals surface area contributed by atoms with Crippen molar-refractivity contribution in [3.8, 4) is 5.75 Å². The van der Waals surface area contributed by atoms with E-state index in [4.69, 9.17) is 4.74 Å². The van der Waals surface area contributed by atoms with Gasteiger partial charge in [0.1, 0.15) is 5.75 Å². The van der Waals surface area contributed by atoms with Gasteiger partial charge in [0.15, 0.2) is 0 Å². The topological polar surface area (TPSA) is 21.3 Å². The van der Waals surface area contributed by atoms with Crippen molar-refractivity contribution in [2.24, 2.45) is 0 Å². The third kappa shape index (κ3) is 3.85. The van der Waals surface area contributed by atoms with Crippen molar-refractivity contribution in [3.05, 3.63) is 33.8 Å². The van der Waals surface area contributed by atoms with Crippen LogP contribution in [-0.4, -0.2) is 19.7 Å². The summed E-state index contributed by atoms with van der Waals surface area (Å²) in [6.45, 7) is 3.18. The summed E-state index contributed by atoms with van der Waals surface area (Å²) in [6, 6.07) is 6.86. The molecule has 2 rings (SSSR count). The van der Waals surface area contributed by atoms with Crippen LogP contribution in [0.25, 0.3) is 6.08 Å². The molecule has 3 heteroatoms. The number of ether oxygens (including phenoxy) is 1. The number of nitrogens with one attached hydrogen (secondary N) is 1. The van der Waals surface area contributed by atoms with Gasteiger partial charge in [-0.2, -0.15) is 0 Å². The molecule has 2 nitrogen and oxygen atoms in total. The maximum Gasteiger partial charge on any atom is 0.126 e. The summed E-state index contributed by atoms with van der Waals surface area (Å²) < 4.78 is 6.48. The maximum absolute atomic E-state index is 5.40. The molecule has 1 N–H and O–H groups in total. The zero-order chi connectivity index (χ0) is 13.0. The molecule has 0 amide bonds. The van der Waals surface area contributed by atoms with Gasteiger partial charge in [-0.25, -0.2) is 0 Å². The second-order valence-corrected chi connectivity index (χ2v) is 5.61. The van der Waals surface area contributed by atoms with Crippen LogP contribution in [0.4, 0.5) is 0 Å². The molecule has 1 aliphatic rings. The van der Waals surface area contributed by atoms with Crippen molar-refractivity contribution in [2.45, 2.75) is 32.2 Å². The summed E-state index contributed by atoms with van der Waals surface area (Å²) in [7, 11) is 1.72. The van der Waals surface area contributed by atoms with Gasteiger partial charge in [-0.15, -0.1) is 0 Å². The van der Waals surface area contributed by atoms with Gasteiger partial charge in [0, 0.05) is 22.6 Å². The standard InChI is InChI=1S/C15H20BrNO/c1-3-11(10-17-14-5-6-14)8-12-9-13(16)4-7-15(12)18-2/h4,7-9,14,17H,3,5-6,10H2,1-2H3. The fraction of sp³-hybridized carbons (Fsp3) is 0.467. The lowest BCUT2D eigenvalue weighted by Gasteiger charge is -2.09. The van der Waals surface area contributed by atoms with Gasteiger partial charge in [0.2, 0.25) is 0 Å². The Bertz CT molecular complexity index is 438. The Hall–Kier alpha value is -0.800. The van der Waals surface area contributed by atoms with E-state index >= 15 is 0 Å². The molecule has 18 heavy (non-hydrogen) atoms. The average molecular weight is 310 g/mol. The molecule has 0 heterocycles. The van der Waals surface area contributed by atoms with Gasteiger partial charge >= 0.3 is 0 Å². The predicted molar refractivity (Wildman–Crippen MR) is 80.0 cm³/mol. The Labute approximate surface area is 118 Å². The maximum atomic E-state index is 5.40. The Morgan fingerprint density at radius 3 is 2.89 bits per heavy atom. The van der Waals surface area contributed by atoms with Crippen LogP contribution in [-0.2, 0) is 0 Å². The first-order valence-electron chi connectivity index (χ1n) is 6.49. The third-order valence-electron chi connectivity index (χ3n) is 3.20. The van der Waals surface area contributed by atoms with E-state index in [0.717, 1.165) is 34.8 Å². The Kier molecular flexibility index (Phi) is 4.84. The van der Waals surface area contributed by atoms with E-state index in [0.29, 0.717) is 0 Å². The average Bonchev–Trinajstić information content (AvgIpc) is 3.18. The van der Waals surface area contributed by atoms with E-state index in [2.05, 4.69) is 40.3 Å². The SMILES string of the molecule is CCC(=Cc1cc(Br)ccc1OC)CNC1CC1. The van der Waals surface area contributed by atoms with Gasteiger partial charge < -0.3 is 10.1 Å². The van der Waals surface area contributed by atoms with E-state index < -0.39 is 0 Å². The fourth-order valence-electron chi connectivity index (χ4n) is 1.88. The van der Waals surface area contributed by atoms with E-state index in [1.165, 1.54) is 18.4 Å². The van der Waals surface area contributed by atoms with Crippen molar-refractivity contribution < 1.29 is 4.74 Å². The molecule has 0 spiro atoms. The lowest BCUT2D eigenvalue weighted by molar-refractivity contribution is 0.413. The summed E-state index contributed by atoms with van der Waals surface area (Å²) >= 11 is 3.51. The van der Waals surface area contributed by atoms with Crippen LogP contribution in [0.1, 0.15) is 31.7 Å². The second kappa shape index (κ2) is 6.39. The predicted octanol–water partition coefficient (Wildman–Crippen LogP) is 4.00. The van der Waals surface area contributed by atoms with E-state index in [-0.39, 0.29) is 0 Å². The minimum absolute atomic E-state index is 0.754. The lowest BCUT2D eigenvalue weighted by atomic mass is 10.1. The summed E-state index contributed by atoms with van der Waals surface area (Å²) in [4.78, 5) is 0. The molecule has 0 bridgehead atoms. The number of halogens is 1. The van der Waals surface area contributed by atoms with Crippen LogP contribution in [0.3, 0.4) is 0 Å². The molecule has 0 radical (unpaired) electrons. The number of methoxy groups -OCH3 is 1. The summed E-state index contributed by atoms with van der Waals surface area (Å²) in [5, 5.41) is 3.56. The number of hydrogen-bond donors (Lipinski definition) is 1. The quantitative estimate of drug-likeness (QED) is 0.857. The molecule has 1 aromatic carbocycles.